The number of halogens is 1. The van der Waals surface area contributed by atoms with Crippen LogP contribution in [0, 0.1) is 0 Å². The van der Waals surface area contributed by atoms with Crippen LogP contribution in [0.2, 0.25) is 5.02 Å². The Labute approximate surface area is 122 Å². The fourth-order valence-corrected chi connectivity index (χ4v) is 2.33. The minimum Gasteiger partial charge on any atom is -0.495 e. The molecule has 1 unspecified atom stereocenters. The van der Waals surface area contributed by atoms with E-state index >= 15 is 0 Å². The van der Waals surface area contributed by atoms with Gasteiger partial charge in [-0.15, -0.1) is 0 Å². The molecule has 0 radical (unpaired) electrons. The van der Waals surface area contributed by atoms with E-state index in [1.165, 1.54) is 7.11 Å². The number of rotatable bonds is 3. The van der Waals surface area contributed by atoms with Gasteiger partial charge in [0.2, 0.25) is 5.91 Å². The predicted octanol–water partition coefficient (Wildman–Crippen LogP) is 1.75. The number of hydrogen-bond acceptors (Lipinski definition) is 3. The van der Waals surface area contributed by atoms with Crippen LogP contribution in [0.3, 0.4) is 0 Å². The van der Waals surface area contributed by atoms with E-state index in [9.17, 15) is 9.59 Å². The van der Waals surface area contributed by atoms with Gasteiger partial charge < -0.3 is 15.4 Å². The Balaban J connectivity index is 2.02. The normalized spacial score (nSPS) is 18.9. The van der Waals surface area contributed by atoms with Crippen molar-refractivity contribution in [3.63, 3.8) is 0 Å². The fourth-order valence-electron chi connectivity index (χ4n) is 2.14. The maximum Gasteiger partial charge on any atom is 0.251 e. The Morgan fingerprint density at radius 2 is 2.25 bits per heavy atom. The first-order valence-corrected chi connectivity index (χ1v) is 6.89. The number of carbonyl (C=O) groups excluding carboxylic acids is 2. The van der Waals surface area contributed by atoms with E-state index in [4.69, 9.17) is 16.3 Å². The Morgan fingerprint density at radius 3 is 3.00 bits per heavy atom. The van der Waals surface area contributed by atoms with Crippen LogP contribution in [0.5, 0.6) is 5.75 Å². The van der Waals surface area contributed by atoms with E-state index in [-0.39, 0.29) is 17.9 Å². The Morgan fingerprint density at radius 1 is 1.45 bits per heavy atom. The van der Waals surface area contributed by atoms with Gasteiger partial charge in [0, 0.05) is 24.6 Å². The molecule has 1 heterocycles. The smallest absolute Gasteiger partial charge is 0.251 e. The highest BCUT2D eigenvalue weighted by Gasteiger charge is 2.19. The van der Waals surface area contributed by atoms with Crippen LogP contribution in [0.25, 0.3) is 0 Å². The Hall–Kier alpha value is -1.75. The molecule has 1 fully saturated rings. The van der Waals surface area contributed by atoms with Crippen LogP contribution in [-0.4, -0.2) is 31.5 Å². The first-order valence-electron chi connectivity index (χ1n) is 6.51. The number of amides is 2. The number of methoxy groups -OCH3 is 1. The van der Waals surface area contributed by atoms with Crippen molar-refractivity contribution in [2.45, 2.75) is 25.3 Å². The van der Waals surface area contributed by atoms with Crippen molar-refractivity contribution in [2.75, 3.05) is 13.7 Å². The second-order valence-electron chi connectivity index (χ2n) is 4.70. The highest BCUT2D eigenvalue weighted by Crippen LogP contribution is 2.25. The molecule has 1 saturated heterocycles. The predicted molar refractivity (Wildman–Crippen MR) is 76.1 cm³/mol. The van der Waals surface area contributed by atoms with Gasteiger partial charge in [0.05, 0.1) is 12.1 Å². The van der Waals surface area contributed by atoms with Gasteiger partial charge in [-0.25, -0.2) is 0 Å². The molecule has 1 aliphatic rings. The van der Waals surface area contributed by atoms with E-state index in [0.29, 0.717) is 35.7 Å². The molecular weight excluding hydrogens is 280 g/mol. The third-order valence-electron chi connectivity index (χ3n) is 3.28. The van der Waals surface area contributed by atoms with Gasteiger partial charge >= 0.3 is 0 Å². The number of carbonyl (C=O) groups is 2. The van der Waals surface area contributed by atoms with Gasteiger partial charge in [0.25, 0.3) is 5.91 Å². The van der Waals surface area contributed by atoms with Gasteiger partial charge in [0.1, 0.15) is 5.75 Å². The molecule has 1 aliphatic heterocycles. The first-order chi connectivity index (χ1) is 9.60. The van der Waals surface area contributed by atoms with Gasteiger partial charge in [-0.3, -0.25) is 9.59 Å². The third-order valence-corrected chi connectivity index (χ3v) is 3.60. The standard InChI is InChI=1S/C14H17ClN2O3/c1-20-12-8-9(2-4-11(12)15)14(19)17-10-3-5-13(18)16-7-6-10/h2,4,8,10H,3,5-7H2,1H3,(H,16,18)(H,17,19). The number of benzene rings is 1. The molecule has 0 aliphatic carbocycles. The number of hydrogen-bond donors (Lipinski definition) is 2. The molecule has 1 atom stereocenters. The molecule has 5 nitrogen and oxygen atoms in total. The lowest BCUT2D eigenvalue weighted by Crippen LogP contribution is -2.35. The average molecular weight is 297 g/mol. The van der Waals surface area contributed by atoms with E-state index in [1.54, 1.807) is 18.2 Å². The van der Waals surface area contributed by atoms with Gasteiger partial charge in [0.15, 0.2) is 0 Å². The summed E-state index contributed by atoms with van der Waals surface area (Å²) in [5.41, 5.74) is 0.495. The van der Waals surface area contributed by atoms with Crippen molar-refractivity contribution in [2.24, 2.45) is 0 Å². The van der Waals surface area contributed by atoms with Crippen LogP contribution < -0.4 is 15.4 Å². The average Bonchev–Trinajstić information content (AvgIpc) is 2.64. The summed E-state index contributed by atoms with van der Waals surface area (Å²) < 4.78 is 5.09. The maximum absolute atomic E-state index is 12.2. The van der Waals surface area contributed by atoms with Crippen LogP contribution >= 0.6 is 11.6 Å². The van der Waals surface area contributed by atoms with Gasteiger partial charge in [-0.05, 0) is 31.0 Å². The van der Waals surface area contributed by atoms with Crippen LogP contribution in [0.1, 0.15) is 29.6 Å². The summed E-state index contributed by atoms with van der Waals surface area (Å²) in [6, 6.07) is 4.90. The van der Waals surface area contributed by atoms with Crippen LogP contribution in [0.4, 0.5) is 0 Å². The monoisotopic (exact) mass is 296 g/mol. The lowest BCUT2D eigenvalue weighted by Gasteiger charge is -2.16. The van der Waals surface area contributed by atoms with E-state index in [2.05, 4.69) is 10.6 Å². The zero-order valence-corrected chi connectivity index (χ0v) is 12.0. The third kappa shape index (κ3) is 3.63. The van der Waals surface area contributed by atoms with E-state index < -0.39 is 0 Å². The lowest BCUT2D eigenvalue weighted by atomic mass is 10.1. The van der Waals surface area contributed by atoms with E-state index in [0.717, 1.165) is 6.42 Å². The minimum atomic E-state index is -0.181. The van der Waals surface area contributed by atoms with Crippen molar-refractivity contribution in [3.05, 3.63) is 28.8 Å². The zero-order chi connectivity index (χ0) is 14.5. The minimum absolute atomic E-state index is 0.00289. The van der Waals surface area contributed by atoms with E-state index in [1.807, 2.05) is 0 Å². The first kappa shape index (κ1) is 14.7. The SMILES string of the molecule is COc1cc(C(=O)NC2CCNC(=O)CC2)ccc1Cl. The molecule has 2 N–H and O–H groups in total. The molecular formula is C14H17ClN2O3. The molecule has 0 saturated carbocycles. The molecule has 0 spiro atoms. The largest absolute Gasteiger partial charge is 0.495 e. The quantitative estimate of drug-likeness (QED) is 0.893. The molecule has 6 heteroatoms. The summed E-state index contributed by atoms with van der Waals surface area (Å²) in [6.45, 7) is 0.591. The molecule has 20 heavy (non-hydrogen) atoms. The van der Waals surface area contributed by atoms with Gasteiger partial charge in [-0.2, -0.15) is 0 Å². The number of ether oxygens (including phenoxy) is 1. The summed E-state index contributed by atoms with van der Waals surface area (Å²) in [4.78, 5) is 23.4. The van der Waals surface area contributed by atoms with Crippen LogP contribution in [0.15, 0.2) is 18.2 Å². The molecule has 0 bridgehead atoms. The molecule has 0 aromatic heterocycles. The highest BCUT2D eigenvalue weighted by atomic mass is 35.5. The van der Waals surface area contributed by atoms with Crippen molar-refractivity contribution in [1.82, 2.24) is 10.6 Å². The lowest BCUT2D eigenvalue weighted by molar-refractivity contribution is -0.120. The van der Waals surface area contributed by atoms with Crippen molar-refractivity contribution < 1.29 is 14.3 Å². The van der Waals surface area contributed by atoms with Crippen molar-refractivity contribution in [3.8, 4) is 5.75 Å². The molecule has 1 aromatic rings. The van der Waals surface area contributed by atoms with Crippen LogP contribution in [-0.2, 0) is 4.79 Å². The molecule has 2 rings (SSSR count). The summed E-state index contributed by atoms with van der Waals surface area (Å²) in [6.07, 6.45) is 1.83. The molecule has 2 amide bonds. The summed E-state index contributed by atoms with van der Waals surface area (Å²) >= 11 is 5.93. The summed E-state index contributed by atoms with van der Waals surface area (Å²) in [7, 11) is 1.51. The topological polar surface area (TPSA) is 67.4 Å². The summed E-state index contributed by atoms with van der Waals surface area (Å²) in [5, 5.41) is 6.19. The Kier molecular flexibility index (Phi) is 4.84. The molecule has 1 aromatic carbocycles. The zero-order valence-electron chi connectivity index (χ0n) is 11.2. The maximum atomic E-state index is 12.2. The number of nitrogens with one attached hydrogen (secondary N) is 2. The summed E-state index contributed by atoms with van der Waals surface area (Å²) in [5.74, 6) is 0.325. The second-order valence-corrected chi connectivity index (χ2v) is 5.10. The van der Waals surface area contributed by atoms with Crippen molar-refractivity contribution >= 4 is 23.4 Å². The second kappa shape index (κ2) is 6.61. The Bertz CT molecular complexity index is 519. The molecule has 108 valence electrons. The van der Waals surface area contributed by atoms with Gasteiger partial charge in [-0.1, -0.05) is 11.6 Å². The highest BCUT2D eigenvalue weighted by molar-refractivity contribution is 6.32. The fraction of sp³-hybridized carbons (Fsp3) is 0.429. The van der Waals surface area contributed by atoms with Crippen molar-refractivity contribution in [1.29, 1.82) is 0 Å².